The van der Waals surface area contributed by atoms with Gasteiger partial charge in [0.1, 0.15) is 23.9 Å². The second-order valence-corrected chi connectivity index (χ2v) is 8.83. The largest absolute Gasteiger partial charge is 0.488 e. The first-order valence-electron chi connectivity index (χ1n) is 12.2. The Morgan fingerprint density at radius 2 is 1.59 bits per heavy atom. The van der Waals surface area contributed by atoms with Gasteiger partial charge in [0.15, 0.2) is 6.61 Å². The van der Waals surface area contributed by atoms with Crippen LogP contribution in [-0.4, -0.2) is 34.7 Å². The van der Waals surface area contributed by atoms with Crippen LogP contribution >= 0.6 is 0 Å². The quantitative estimate of drug-likeness (QED) is 0.391. The number of nitrogens with two attached hydrogens (primary N) is 1. The summed E-state index contributed by atoms with van der Waals surface area (Å²) in [4.78, 5) is 26.9. The SMILES string of the molecule is Cc1nn2c(c1-c1ccccc1OCc1ccccc1)N(C(=O)COc1ccccc1C(N)=O)CCC2. The van der Waals surface area contributed by atoms with Gasteiger partial charge in [-0.25, -0.2) is 4.68 Å². The van der Waals surface area contributed by atoms with Crippen molar-refractivity contribution in [1.29, 1.82) is 0 Å². The van der Waals surface area contributed by atoms with Crippen LogP contribution in [0.15, 0.2) is 78.9 Å². The normalized spacial score (nSPS) is 12.6. The van der Waals surface area contributed by atoms with Crippen LogP contribution in [0, 0.1) is 6.92 Å². The molecule has 0 unspecified atom stereocenters. The van der Waals surface area contributed by atoms with Crippen LogP contribution in [0.25, 0.3) is 11.1 Å². The minimum absolute atomic E-state index is 0.232. The lowest BCUT2D eigenvalue weighted by Crippen LogP contribution is -2.40. The molecule has 0 radical (unpaired) electrons. The lowest BCUT2D eigenvalue weighted by molar-refractivity contribution is -0.120. The molecule has 5 rings (SSSR count). The molecular formula is C29H28N4O4. The summed E-state index contributed by atoms with van der Waals surface area (Å²) in [5.41, 5.74) is 9.29. The number of carbonyl (C=O) groups is 2. The van der Waals surface area contributed by atoms with Gasteiger partial charge in [0.05, 0.1) is 16.8 Å². The molecule has 8 heteroatoms. The van der Waals surface area contributed by atoms with Crippen LogP contribution in [0.2, 0.25) is 0 Å². The van der Waals surface area contributed by atoms with Crippen LogP contribution in [-0.2, 0) is 17.9 Å². The zero-order valence-electron chi connectivity index (χ0n) is 20.6. The van der Waals surface area contributed by atoms with E-state index in [-0.39, 0.29) is 23.8 Å². The van der Waals surface area contributed by atoms with E-state index in [4.69, 9.17) is 20.3 Å². The Morgan fingerprint density at radius 3 is 2.38 bits per heavy atom. The van der Waals surface area contributed by atoms with Crippen LogP contribution in [0.3, 0.4) is 0 Å². The monoisotopic (exact) mass is 496 g/mol. The van der Waals surface area contributed by atoms with Gasteiger partial charge >= 0.3 is 0 Å². The molecule has 0 spiro atoms. The molecule has 0 bridgehead atoms. The Balaban J connectivity index is 1.43. The van der Waals surface area contributed by atoms with Gasteiger partial charge < -0.3 is 15.2 Å². The number of benzene rings is 3. The number of primary amides is 1. The lowest BCUT2D eigenvalue weighted by atomic mass is 10.0. The van der Waals surface area contributed by atoms with Gasteiger partial charge in [-0.05, 0) is 37.1 Å². The summed E-state index contributed by atoms with van der Waals surface area (Å²) in [7, 11) is 0. The maximum absolute atomic E-state index is 13.4. The number of ether oxygens (including phenoxy) is 2. The zero-order valence-corrected chi connectivity index (χ0v) is 20.6. The molecule has 2 amide bonds. The first-order valence-corrected chi connectivity index (χ1v) is 12.2. The van der Waals surface area contributed by atoms with Crippen molar-refractivity contribution in [2.24, 2.45) is 5.73 Å². The third-order valence-corrected chi connectivity index (χ3v) is 6.31. The van der Waals surface area contributed by atoms with Crippen LogP contribution in [0.1, 0.15) is 28.0 Å². The molecule has 188 valence electrons. The van der Waals surface area contributed by atoms with Crippen LogP contribution < -0.4 is 20.1 Å². The van der Waals surface area contributed by atoms with E-state index < -0.39 is 5.91 Å². The van der Waals surface area contributed by atoms with Crippen molar-refractivity contribution >= 4 is 17.6 Å². The standard InChI is InChI=1S/C29H28N4O4/c1-20-27(22-12-5-7-14-24(22)36-18-21-10-3-2-4-11-21)29-32(16-9-17-33(29)31-20)26(34)19-37-25-15-8-6-13-23(25)28(30)35/h2-8,10-15H,9,16-19H2,1H3,(H2,30,35). The van der Waals surface area contributed by atoms with E-state index in [1.54, 1.807) is 29.2 Å². The Hall–Kier alpha value is -4.59. The molecule has 0 fully saturated rings. The van der Waals surface area contributed by atoms with E-state index >= 15 is 0 Å². The van der Waals surface area contributed by atoms with Crippen LogP contribution in [0.4, 0.5) is 5.82 Å². The maximum Gasteiger partial charge on any atom is 0.266 e. The van der Waals surface area contributed by atoms with E-state index in [1.807, 2.05) is 66.2 Å². The van der Waals surface area contributed by atoms with E-state index in [0.29, 0.717) is 19.7 Å². The average Bonchev–Trinajstić information content (AvgIpc) is 3.27. The molecule has 37 heavy (non-hydrogen) atoms. The Bertz CT molecular complexity index is 1430. The molecule has 0 aliphatic carbocycles. The zero-order chi connectivity index (χ0) is 25.8. The first-order chi connectivity index (χ1) is 18.0. The highest BCUT2D eigenvalue weighted by Gasteiger charge is 2.30. The molecule has 1 aliphatic rings. The molecule has 2 heterocycles. The number of para-hydroxylation sites is 2. The number of aromatic nitrogens is 2. The molecule has 1 aliphatic heterocycles. The van der Waals surface area contributed by atoms with E-state index in [2.05, 4.69) is 0 Å². The summed E-state index contributed by atoms with van der Waals surface area (Å²) >= 11 is 0. The summed E-state index contributed by atoms with van der Waals surface area (Å²) in [6.45, 7) is 3.37. The molecule has 0 saturated carbocycles. The number of rotatable bonds is 8. The fourth-order valence-corrected chi connectivity index (χ4v) is 4.59. The van der Waals surface area contributed by atoms with Gasteiger partial charge in [0, 0.05) is 18.7 Å². The Labute approximate surface area is 215 Å². The minimum Gasteiger partial charge on any atom is -0.488 e. The molecule has 4 aromatic rings. The van der Waals surface area contributed by atoms with Gasteiger partial charge in [-0.1, -0.05) is 60.7 Å². The maximum atomic E-state index is 13.4. The highest BCUT2D eigenvalue weighted by atomic mass is 16.5. The van der Waals surface area contributed by atoms with E-state index in [1.165, 1.54) is 0 Å². The Morgan fingerprint density at radius 1 is 0.892 bits per heavy atom. The topological polar surface area (TPSA) is 99.7 Å². The van der Waals surface area contributed by atoms with Gasteiger partial charge in [-0.2, -0.15) is 5.10 Å². The predicted octanol–water partition coefficient (Wildman–Crippen LogP) is 4.35. The van der Waals surface area contributed by atoms with Gasteiger partial charge in [-0.15, -0.1) is 0 Å². The van der Waals surface area contributed by atoms with Crippen molar-refractivity contribution < 1.29 is 19.1 Å². The molecule has 0 atom stereocenters. The second kappa shape index (κ2) is 10.6. The van der Waals surface area contributed by atoms with Crippen molar-refractivity contribution in [3.05, 3.63) is 95.7 Å². The fraction of sp³-hybridized carbons (Fsp3) is 0.207. The smallest absolute Gasteiger partial charge is 0.266 e. The number of anilines is 1. The second-order valence-electron chi connectivity index (χ2n) is 8.83. The summed E-state index contributed by atoms with van der Waals surface area (Å²) < 4.78 is 13.8. The molecular weight excluding hydrogens is 468 g/mol. The van der Waals surface area contributed by atoms with Crippen LogP contribution in [0.5, 0.6) is 11.5 Å². The van der Waals surface area contributed by atoms with Crippen molar-refractivity contribution in [3.63, 3.8) is 0 Å². The van der Waals surface area contributed by atoms with E-state index in [0.717, 1.165) is 40.4 Å². The number of fused-ring (bicyclic) bond motifs is 1. The number of hydrogen-bond donors (Lipinski definition) is 1. The number of amides is 2. The molecule has 1 aromatic heterocycles. The molecule has 0 saturated heterocycles. The minimum atomic E-state index is -0.607. The molecule has 2 N–H and O–H groups in total. The molecule has 8 nitrogen and oxygen atoms in total. The highest BCUT2D eigenvalue weighted by Crippen LogP contribution is 2.41. The molecule has 3 aromatic carbocycles. The van der Waals surface area contributed by atoms with Gasteiger partial charge in [0.25, 0.3) is 11.8 Å². The predicted molar refractivity (Wildman–Crippen MR) is 141 cm³/mol. The van der Waals surface area contributed by atoms with Crippen molar-refractivity contribution in [2.75, 3.05) is 18.1 Å². The van der Waals surface area contributed by atoms with Crippen molar-refractivity contribution in [1.82, 2.24) is 9.78 Å². The van der Waals surface area contributed by atoms with Crippen molar-refractivity contribution in [3.8, 4) is 22.6 Å². The summed E-state index contributed by atoms with van der Waals surface area (Å²) in [6.07, 6.45) is 0.767. The van der Waals surface area contributed by atoms with E-state index in [9.17, 15) is 9.59 Å². The van der Waals surface area contributed by atoms with Gasteiger partial charge in [0.2, 0.25) is 0 Å². The Kier molecular flexibility index (Phi) is 6.89. The number of aryl methyl sites for hydroxylation is 2. The number of nitrogens with zero attached hydrogens (tertiary/aromatic N) is 3. The summed E-state index contributed by atoms with van der Waals surface area (Å²) in [5, 5.41) is 4.74. The highest BCUT2D eigenvalue weighted by molar-refractivity contribution is 5.99. The average molecular weight is 497 g/mol. The van der Waals surface area contributed by atoms with Gasteiger partial charge in [-0.3, -0.25) is 14.5 Å². The fourth-order valence-electron chi connectivity index (χ4n) is 4.59. The number of carbonyl (C=O) groups excluding carboxylic acids is 2. The number of hydrogen-bond acceptors (Lipinski definition) is 5. The first kappa shape index (κ1) is 24.1. The lowest BCUT2D eigenvalue weighted by Gasteiger charge is -2.29. The van der Waals surface area contributed by atoms with Crippen molar-refractivity contribution in [2.45, 2.75) is 26.5 Å². The summed E-state index contributed by atoms with van der Waals surface area (Å²) in [5.74, 6) is 0.879. The third-order valence-electron chi connectivity index (χ3n) is 6.31. The third kappa shape index (κ3) is 5.04. The summed E-state index contributed by atoms with van der Waals surface area (Å²) in [6, 6.07) is 24.4.